The highest BCUT2D eigenvalue weighted by atomic mass is 35.5. The Balaban J connectivity index is 1.92. The number of rotatable bonds is 8. The molecule has 20 heavy (non-hydrogen) atoms. The van der Waals surface area contributed by atoms with E-state index >= 15 is 0 Å². The van der Waals surface area contributed by atoms with Gasteiger partial charge in [-0.05, 0) is 72.3 Å². The van der Waals surface area contributed by atoms with E-state index in [1.807, 2.05) is 12.1 Å². The molecule has 1 aromatic carbocycles. The van der Waals surface area contributed by atoms with E-state index in [9.17, 15) is 0 Å². The maximum atomic E-state index is 6.07. The van der Waals surface area contributed by atoms with Gasteiger partial charge in [0.15, 0.2) is 0 Å². The zero-order valence-corrected chi connectivity index (χ0v) is 13.5. The SMILES string of the molecule is CCCNC(CCc1ccsc1)Cc1cccc(Cl)c1. The lowest BCUT2D eigenvalue weighted by Crippen LogP contribution is -2.32. The van der Waals surface area contributed by atoms with Gasteiger partial charge >= 0.3 is 0 Å². The van der Waals surface area contributed by atoms with Crippen LogP contribution in [0.15, 0.2) is 41.1 Å². The van der Waals surface area contributed by atoms with Crippen LogP contribution >= 0.6 is 22.9 Å². The number of nitrogens with one attached hydrogen (secondary N) is 1. The fourth-order valence-electron chi connectivity index (χ4n) is 2.35. The normalized spacial score (nSPS) is 12.5. The van der Waals surface area contributed by atoms with Crippen LogP contribution in [0.2, 0.25) is 5.02 Å². The Labute approximate surface area is 131 Å². The van der Waals surface area contributed by atoms with Crippen molar-refractivity contribution in [1.82, 2.24) is 5.32 Å². The number of hydrogen-bond acceptors (Lipinski definition) is 2. The van der Waals surface area contributed by atoms with Gasteiger partial charge in [0, 0.05) is 11.1 Å². The lowest BCUT2D eigenvalue weighted by Gasteiger charge is -2.18. The minimum Gasteiger partial charge on any atom is -0.314 e. The lowest BCUT2D eigenvalue weighted by atomic mass is 10.00. The van der Waals surface area contributed by atoms with E-state index in [-0.39, 0.29) is 0 Å². The summed E-state index contributed by atoms with van der Waals surface area (Å²) in [5, 5.41) is 8.89. The first-order valence-electron chi connectivity index (χ1n) is 7.27. The number of hydrogen-bond donors (Lipinski definition) is 1. The van der Waals surface area contributed by atoms with Gasteiger partial charge in [-0.3, -0.25) is 0 Å². The Hall–Kier alpha value is -0.830. The zero-order chi connectivity index (χ0) is 14.2. The number of aryl methyl sites for hydroxylation is 1. The number of halogens is 1. The maximum Gasteiger partial charge on any atom is 0.0408 e. The van der Waals surface area contributed by atoms with E-state index in [0.717, 1.165) is 24.4 Å². The largest absolute Gasteiger partial charge is 0.314 e. The molecule has 0 saturated heterocycles. The minimum atomic E-state index is 0.522. The third-order valence-corrected chi connectivity index (χ3v) is 4.38. The summed E-state index contributed by atoms with van der Waals surface area (Å²) >= 11 is 7.85. The predicted octanol–water partition coefficient (Wildman–Crippen LogP) is 4.95. The van der Waals surface area contributed by atoms with Crippen molar-refractivity contribution in [2.75, 3.05) is 6.54 Å². The molecule has 1 nitrogen and oxygen atoms in total. The van der Waals surface area contributed by atoms with Crippen molar-refractivity contribution in [3.05, 3.63) is 57.2 Å². The quantitative estimate of drug-likeness (QED) is 0.728. The van der Waals surface area contributed by atoms with E-state index < -0.39 is 0 Å². The highest BCUT2D eigenvalue weighted by molar-refractivity contribution is 7.07. The van der Waals surface area contributed by atoms with Crippen LogP contribution in [-0.2, 0) is 12.8 Å². The first-order valence-corrected chi connectivity index (χ1v) is 8.59. The van der Waals surface area contributed by atoms with Crippen LogP contribution in [0.1, 0.15) is 30.9 Å². The monoisotopic (exact) mass is 307 g/mol. The van der Waals surface area contributed by atoms with Gasteiger partial charge in [0.1, 0.15) is 0 Å². The van der Waals surface area contributed by atoms with E-state index in [2.05, 4.69) is 41.2 Å². The van der Waals surface area contributed by atoms with E-state index in [1.165, 1.54) is 24.0 Å². The van der Waals surface area contributed by atoms with Gasteiger partial charge in [-0.25, -0.2) is 0 Å². The van der Waals surface area contributed by atoms with E-state index in [0.29, 0.717) is 6.04 Å². The predicted molar refractivity (Wildman–Crippen MR) is 89.9 cm³/mol. The fraction of sp³-hybridized carbons (Fsp3) is 0.412. The van der Waals surface area contributed by atoms with Gasteiger partial charge in [0.2, 0.25) is 0 Å². The number of benzene rings is 1. The summed E-state index contributed by atoms with van der Waals surface area (Å²) in [5.74, 6) is 0. The van der Waals surface area contributed by atoms with Gasteiger partial charge in [0.25, 0.3) is 0 Å². The van der Waals surface area contributed by atoms with E-state index in [4.69, 9.17) is 11.6 Å². The molecular weight excluding hydrogens is 286 g/mol. The van der Waals surface area contributed by atoms with Gasteiger partial charge in [-0.1, -0.05) is 30.7 Å². The molecule has 108 valence electrons. The van der Waals surface area contributed by atoms with Crippen LogP contribution < -0.4 is 5.32 Å². The van der Waals surface area contributed by atoms with Crippen molar-refractivity contribution < 1.29 is 0 Å². The van der Waals surface area contributed by atoms with Crippen LogP contribution in [-0.4, -0.2) is 12.6 Å². The summed E-state index contributed by atoms with van der Waals surface area (Å²) in [6, 6.07) is 11.0. The van der Waals surface area contributed by atoms with Crippen LogP contribution in [0, 0.1) is 0 Å². The van der Waals surface area contributed by atoms with Crippen molar-refractivity contribution in [2.24, 2.45) is 0 Å². The van der Waals surface area contributed by atoms with Gasteiger partial charge in [0.05, 0.1) is 0 Å². The van der Waals surface area contributed by atoms with Gasteiger partial charge in [-0.15, -0.1) is 0 Å². The topological polar surface area (TPSA) is 12.0 Å². The highest BCUT2D eigenvalue weighted by Crippen LogP contribution is 2.15. The molecule has 1 heterocycles. The number of thiophene rings is 1. The molecule has 2 aromatic rings. The molecule has 0 fully saturated rings. The molecular formula is C17H22ClNS. The van der Waals surface area contributed by atoms with Gasteiger partial charge < -0.3 is 5.32 Å². The molecule has 0 aliphatic carbocycles. The summed E-state index contributed by atoms with van der Waals surface area (Å²) < 4.78 is 0. The summed E-state index contributed by atoms with van der Waals surface area (Å²) in [7, 11) is 0. The molecule has 0 amide bonds. The molecule has 1 aromatic heterocycles. The molecule has 1 N–H and O–H groups in total. The van der Waals surface area contributed by atoms with Crippen molar-refractivity contribution in [1.29, 1.82) is 0 Å². The molecule has 3 heteroatoms. The summed E-state index contributed by atoms with van der Waals surface area (Å²) in [4.78, 5) is 0. The van der Waals surface area contributed by atoms with Crippen molar-refractivity contribution >= 4 is 22.9 Å². The smallest absolute Gasteiger partial charge is 0.0408 e. The van der Waals surface area contributed by atoms with Crippen molar-refractivity contribution in [3.63, 3.8) is 0 Å². The molecule has 0 spiro atoms. The molecule has 0 aliphatic rings. The minimum absolute atomic E-state index is 0.522. The first-order chi connectivity index (χ1) is 9.78. The Morgan fingerprint density at radius 2 is 2.15 bits per heavy atom. The molecule has 1 atom stereocenters. The average molecular weight is 308 g/mol. The third-order valence-electron chi connectivity index (χ3n) is 3.42. The van der Waals surface area contributed by atoms with Gasteiger partial charge in [-0.2, -0.15) is 11.3 Å². The zero-order valence-electron chi connectivity index (χ0n) is 11.9. The van der Waals surface area contributed by atoms with Crippen LogP contribution in [0.5, 0.6) is 0 Å². The lowest BCUT2D eigenvalue weighted by molar-refractivity contribution is 0.478. The van der Waals surface area contributed by atoms with Crippen LogP contribution in [0.25, 0.3) is 0 Å². The molecule has 2 rings (SSSR count). The molecule has 0 saturated carbocycles. The standard InChI is InChI=1S/C17H22ClNS/c1-2-9-19-17(7-6-14-8-10-20-13-14)12-15-4-3-5-16(18)11-15/h3-5,8,10-11,13,17,19H,2,6-7,9,12H2,1H3. The van der Waals surface area contributed by atoms with Crippen LogP contribution in [0.4, 0.5) is 0 Å². The Bertz CT molecular complexity index is 495. The molecule has 1 unspecified atom stereocenters. The fourth-order valence-corrected chi connectivity index (χ4v) is 3.27. The second-order valence-electron chi connectivity index (χ2n) is 5.16. The van der Waals surface area contributed by atoms with Crippen LogP contribution in [0.3, 0.4) is 0 Å². The molecule has 0 bridgehead atoms. The second kappa shape index (κ2) is 8.46. The third kappa shape index (κ3) is 5.28. The summed E-state index contributed by atoms with van der Waals surface area (Å²) in [6.45, 7) is 3.29. The highest BCUT2D eigenvalue weighted by Gasteiger charge is 2.09. The average Bonchev–Trinajstić information content (AvgIpc) is 2.95. The Morgan fingerprint density at radius 3 is 2.85 bits per heavy atom. The maximum absolute atomic E-state index is 6.07. The Kier molecular flexibility index (Phi) is 6.58. The summed E-state index contributed by atoms with van der Waals surface area (Å²) in [5.41, 5.74) is 2.76. The Morgan fingerprint density at radius 1 is 1.25 bits per heavy atom. The second-order valence-corrected chi connectivity index (χ2v) is 6.37. The summed E-state index contributed by atoms with van der Waals surface area (Å²) in [6.07, 6.45) is 4.53. The van der Waals surface area contributed by atoms with Crippen molar-refractivity contribution in [2.45, 2.75) is 38.6 Å². The molecule has 0 aliphatic heterocycles. The van der Waals surface area contributed by atoms with Crippen molar-refractivity contribution in [3.8, 4) is 0 Å². The molecule has 0 radical (unpaired) electrons. The first kappa shape index (κ1) is 15.6. The van der Waals surface area contributed by atoms with E-state index in [1.54, 1.807) is 11.3 Å².